The standard InChI is InChI=1S/C16H14F3NO2/c1-20-15(21)13-4-2-3-5-14(13)22-10-11-6-8-12(9-7-11)16(17,18)19/h2-9H,10H2,1H3,(H,20,21). The van der Waals surface area contributed by atoms with E-state index in [4.69, 9.17) is 4.74 Å². The van der Waals surface area contributed by atoms with E-state index in [9.17, 15) is 18.0 Å². The van der Waals surface area contributed by atoms with Crippen molar-refractivity contribution in [1.29, 1.82) is 0 Å². The number of nitrogens with one attached hydrogen (secondary N) is 1. The quantitative estimate of drug-likeness (QED) is 0.936. The maximum absolute atomic E-state index is 12.5. The molecule has 1 amide bonds. The van der Waals surface area contributed by atoms with Gasteiger partial charge < -0.3 is 10.1 Å². The van der Waals surface area contributed by atoms with Crippen LogP contribution in [0.1, 0.15) is 21.5 Å². The van der Waals surface area contributed by atoms with Gasteiger partial charge >= 0.3 is 6.18 Å². The Morgan fingerprint density at radius 2 is 1.73 bits per heavy atom. The van der Waals surface area contributed by atoms with Crippen molar-refractivity contribution >= 4 is 5.91 Å². The maximum atomic E-state index is 12.5. The molecule has 0 aliphatic heterocycles. The van der Waals surface area contributed by atoms with Crippen LogP contribution >= 0.6 is 0 Å². The molecule has 3 nitrogen and oxygen atoms in total. The van der Waals surface area contributed by atoms with Crippen LogP contribution in [0.4, 0.5) is 13.2 Å². The van der Waals surface area contributed by atoms with E-state index in [1.165, 1.54) is 19.2 Å². The minimum absolute atomic E-state index is 0.0755. The number of para-hydroxylation sites is 1. The van der Waals surface area contributed by atoms with Crippen LogP contribution in [0.3, 0.4) is 0 Å². The molecule has 0 heterocycles. The van der Waals surface area contributed by atoms with Crippen molar-refractivity contribution in [3.8, 4) is 5.75 Å². The largest absolute Gasteiger partial charge is 0.488 e. The first-order valence-corrected chi connectivity index (χ1v) is 6.52. The second-order valence-corrected chi connectivity index (χ2v) is 4.56. The zero-order valence-corrected chi connectivity index (χ0v) is 11.8. The maximum Gasteiger partial charge on any atom is 0.416 e. The average Bonchev–Trinajstić information content (AvgIpc) is 2.52. The Kier molecular flexibility index (Phi) is 4.70. The summed E-state index contributed by atoms with van der Waals surface area (Å²) in [5, 5.41) is 2.50. The Bertz CT molecular complexity index is 651. The van der Waals surface area contributed by atoms with Crippen LogP contribution in [-0.4, -0.2) is 13.0 Å². The van der Waals surface area contributed by atoms with Gasteiger partial charge in [-0.3, -0.25) is 4.79 Å². The lowest BCUT2D eigenvalue weighted by molar-refractivity contribution is -0.137. The number of benzene rings is 2. The molecule has 0 unspecified atom stereocenters. The third-order valence-corrected chi connectivity index (χ3v) is 3.03. The van der Waals surface area contributed by atoms with Gasteiger partial charge in [0.25, 0.3) is 5.91 Å². The van der Waals surface area contributed by atoms with E-state index in [1.54, 1.807) is 24.3 Å². The van der Waals surface area contributed by atoms with E-state index >= 15 is 0 Å². The fraction of sp³-hybridized carbons (Fsp3) is 0.188. The first-order valence-electron chi connectivity index (χ1n) is 6.52. The second kappa shape index (κ2) is 6.51. The molecule has 0 fully saturated rings. The molecule has 0 aliphatic rings. The second-order valence-electron chi connectivity index (χ2n) is 4.56. The van der Waals surface area contributed by atoms with Crippen LogP contribution in [0.25, 0.3) is 0 Å². The first-order chi connectivity index (χ1) is 10.4. The highest BCUT2D eigenvalue weighted by atomic mass is 19.4. The van der Waals surface area contributed by atoms with Crippen molar-refractivity contribution in [2.45, 2.75) is 12.8 Å². The third kappa shape index (κ3) is 3.78. The number of rotatable bonds is 4. The first kappa shape index (κ1) is 15.9. The molecule has 0 spiro atoms. The Balaban J connectivity index is 2.09. The van der Waals surface area contributed by atoms with E-state index in [0.29, 0.717) is 16.9 Å². The molecule has 2 aromatic carbocycles. The number of hydrogen-bond donors (Lipinski definition) is 1. The van der Waals surface area contributed by atoms with Crippen LogP contribution in [0.2, 0.25) is 0 Å². The number of ether oxygens (including phenoxy) is 1. The summed E-state index contributed by atoms with van der Waals surface area (Å²) in [7, 11) is 1.51. The van der Waals surface area contributed by atoms with Crippen LogP contribution in [0, 0.1) is 0 Å². The van der Waals surface area contributed by atoms with Crippen molar-refractivity contribution in [1.82, 2.24) is 5.32 Å². The summed E-state index contributed by atoms with van der Waals surface area (Å²) in [5.41, 5.74) is 0.249. The molecule has 0 bridgehead atoms. The van der Waals surface area contributed by atoms with Gasteiger partial charge in [0.1, 0.15) is 12.4 Å². The summed E-state index contributed by atoms with van der Waals surface area (Å²) in [4.78, 5) is 11.7. The van der Waals surface area contributed by atoms with Gasteiger partial charge in [-0.15, -0.1) is 0 Å². The summed E-state index contributed by atoms with van der Waals surface area (Å²) in [6.45, 7) is 0.0755. The molecule has 2 aromatic rings. The normalized spacial score (nSPS) is 11.1. The number of carbonyl (C=O) groups is 1. The van der Waals surface area contributed by atoms with Crippen LogP contribution < -0.4 is 10.1 Å². The van der Waals surface area contributed by atoms with Crippen molar-refractivity contribution < 1.29 is 22.7 Å². The molecular weight excluding hydrogens is 295 g/mol. The fourth-order valence-electron chi connectivity index (χ4n) is 1.87. The van der Waals surface area contributed by atoms with Gasteiger partial charge in [0.15, 0.2) is 0 Å². The number of hydrogen-bond acceptors (Lipinski definition) is 2. The molecule has 116 valence electrons. The van der Waals surface area contributed by atoms with Crippen LogP contribution in [-0.2, 0) is 12.8 Å². The summed E-state index contributed by atoms with van der Waals surface area (Å²) >= 11 is 0. The van der Waals surface area contributed by atoms with E-state index < -0.39 is 11.7 Å². The molecule has 0 saturated heterocycles. The van der Waals surface area contributed by atoms with Crippen molar-refractivity contribution in [2.75, 3.05) is 7.05 Å². The highest BCUT2D eigenvalue weighted by molar-refractivity contribution is 5.96. The summed E-state index contributed by atoms with van der Waals surface area (Å²) in [5.74, 6) is 0.0877. The lowest BCUT2D eigenvalue weighted by atomic mass is 10.1. The van der Waals surface area contributed by atoms with E-state index in [1.807, 2.05) is 0 Å². The predicted molar refractivity (Wildman–Crippen MR) is 75.6 cm³/mol. The minimum atomic E-state index is -4.36. The van der Waals surface area contributed by atoms with E-state index in [0.717, 1.165) is 12.1 Å². The van der Waals surface area contributed by atoms with Crippen molar-refractivity contribution in [2.24, 2.45) is 0 Å². The number of amides is 1. The Hall–Kier alpha value is -2.50. The molecule has 0 radical (unpaired) electrons. The summed E-state index contributed by atoms with van der Waals surface area (Å²) in [6, 6.07) is 11.4. The van der Waals surface area contributed by atoms with E-state index in [-0.39, 0.29) is 12.5 Å². The molecule has 0 aliphatic carbocycles. The highest BCUT2D eigenvalue weighted by Gasteiger charge is 2.29. The fourth-order valence-corrected chi connectivity index (χ4v) is 1.87. The van der Waals surface area contributed by atoms with Gasteiger partial charge in [-0.2, -0.15) is 13.2 Å². The zero-order valence-electron chi connectivity index (χ0n) is 11.8. The number of carbonyl (C=O) groups excluding carboxylic acids is 1. The SMILES string of the molecule is CNC(=O)c1ccccc1OCc1ccc(C(F)(F)F)cc1. The number of alkyl halides is 3. The van der Waals surface area contributed by atoms with Crippen molar-refractivity contribution in [3.05, 3.63) is 65.2 Å². The van der Waals surface area contributed by atoms with Gasteiger partial charge in [0, 0.05) is 7.05 Å². The molecule has 2 rings (SSSR count). The van der Waals surface area contributed by atoms with Crippen LogP contribution in [0.5, 0.6) is 5.75 Å². The van der Waals surface area contributed by atoms with Crippen LogP contribution in [0.15, 0.2) is 48.5 Å². The highest BCUT2D eigenvalue weighted by Crippen LogP contribution is 2.29. The van der Waals surface area contributed by atoms with Gasteiger partial charge in [0.05, 0.1) is 11.1 Å². The van der Waals surface area contributed by atoms with E-state index in [2.05, 4.69) is 5.32 Å². The lowest BCUT2D eigenvalue weighted by Crippen LogP contribution is -2.18. The Labute approximate surface area is 125 Å². The molecule has 0 saturated carbocycles. The van der Waals surface area contributed by atoms with Gasteiger partial charge in [0.2, 0.25) is 0 Å². The summed E-state index contributed by atoms with van der Waals surface area (Å²) < 4.78 is 43.0. The lowest BCUT2D eigenvalue weighted by Gasteiger charge is -2.11. The molecule has 0 atom stereocenters. The van der Waals surface area contributed by atoms with Gasteiger partial charge in [-0.1, -0.05) is 24.3 Å². The smallest absolute Gasteiger partial charge is 0.416 e. The zero-order chi connectivity index (χ0) is 16.2. The minimum Gasteiger partial charge on any atom is -0.488 e. The Morgan fingerprint density at radius 3 is 2.32 bits per heavy atom. The molecular formula is C16H14F3NO2. The topological polar surface area (TPSA) is 38.3 Å². The van der Waals surface area contributed by atoms with Crippen molar-refractivity contribution in [3.63, 3.8) is 0 Å². The molecule has 22 heavy (non-hydrogen) atoms. The Morgan fingerprint density at radius 1 is 1.09 bits per heavy atom. The molecule has 1 N–H and O–H groups in total. The molecule has 0 aromatic heterocycles. The van der Waals surface area contributed by atoms with Gasteiger partial charge in [-0.05, 0) is 29.8 Å². The monoisotopic (exact) mass is 309 g/mol. The third-order valence-electron chi connectivity index (χ3n) is 3.03. The average molecular weight is 309 g/mol. The predicted octanol–water partition coefficient (Wildman–Crippen LogP) is 3.64. The van der Waals surface area contributed by atoms with Gasteiger partial charge in [-0.25, -0.2) is 0 Å². The molecule has 6 heteroatoms. The number of halogens is 3. The summed E-state index contributed by atoms with van der Waals surface area (Å²) in [6.07, 6.45) is -4.36.